The number of carbonyl (C=O) groups is 1. The van der Waals surface area contributed by atoms with E-state index in [-0.39, 0.29) is 5.13 Å². The van der Waals surface area contributed by atoms with Crippen LogP contribution in [-0.4, -0.2) is 15.9 Å². The SMILES string of the molecule is O=C(Nc1nc(C(F)(F)F)cs1)c1ccncc1. The Balaban J connectivity index is 2.11. The highest BCUT2D eigenvalue weighted by Gasteiger charge is 2.33. The third kappa shape index (κ3) is 2.83. The predicted octanol–water partition coefficient (Wildman–Crippen LogP) is 2.81. The number of alkyl halides is 3. The van der Waals surface area contributed by atoms with Crippen molar-refractivity contribution < 1.29 is 18.0 Å². The van der Waals surface area contributed by atoms with Crippen LogP contribution in [0, 0.1) is 0 Å². The molecule has 2 aromatic heterocycles. The molecule has 0 atom stereocenters. The molecule has 2 heterocycles. The second kappa shape index (κ2) is 4.73. The zero-order chi connectivity index (χ0) is 13.2. The smallest absolute Gasteiger partial charge is 0.298 e. The first kappa shape index (κ1) is 12.5. The summed E-state index contributed by atoms with van der Waals surface area (Å²) in [5.41, 5.74) is -0.716. The van der Waals surface area contributed by atoms with E-state index < -0.39 is 17.8 Å². The molecule has 1 N–H and O–H groups in total. The van der Waals surface area contributed by atoms with E-state index in [4.69, 9.17) is 0 Å². The molecule has 4 nitrogen and oxygen atoms in total. The molecule has 1 amide bonds. The van der Waals surface area contributed by atoms with Gasteiger partial charge in [0.05, 0.1) is 0 Å². The number of anilines is 1. The Morgan fingerprint density at radius 1 is 1.28 bits per heavy atom. The molecule has 0 bridgehead atoms. The Morgan fingerprint density at radius 2 is 1.94 bits per heavy atom. The molecule has 0 aromatic carbocycles. The van der Waals surface area contributed by atoms with Crippen LogP contribution in [0.5, 0.6) is 0 Å². The number of amides is 1. The molecule has 0 aliphatic heterocycles. The van der Waals surface area contributed by atoms with Gasteiger partial charge in [0, 0.05) is 23.3 Å². The van der Waals surface area contributed by atoms with Gasteiger partial charge in [-0.1, -0.05) is 0 Å². The van der Waals surface area contributed by atoms with Gasteiger partial charge in [-0.25, -0.2) is 4.98 Å². The van der Waals surface area contributed by atoms with Gasteiger partial charge >= 0.3 is 6.18 Å². The predicted molar refractivity (Wildman–Crippen MR) is 59.3 cm³/mol. The summed E-state index contributed by atoms with van der Waals surface area (Å²) in [4.78, 5) is 18.6. The first-order valence-corrected chi connectivity index (χ1v) is 5.59. The number of aromatic nitrogens is 2. The zero-order valence-corrected chi connectivity index (χ0v) is 9.55. The van der Waals surface area contributed by atoms with Crippen LogP contribution in [0.1, 0.15) is 16.1 Å². The van der Waals surface area contributed by atoms with Gasteiger partial charge in [-0.05, 0) is 12.1 Å². The highest BCUT2D eigenvalue weighted by molar-refractivity contribution is 7.14. The van der Waals surface area contributed by atoms with Crippen molar-refractivity contribution >= 4 is 22.4 Å². The van der Waals surface area contributed by atoms with Crippen molar-refractivity contribution in [2.45, 2.75) is 6.18 Å². The van der Waals surface area contributed by atoms with E-state index in [1.54, 1.807) is 0 Å². The third-order valence-electron chi connectivity index (χ3n) is 1.96. The molecular formula is C10H6F3N3OS. The Kier molecular flexibility index (Phi) is 3.28. The van der Waals surface area contributed by atoms with Crippen LogP contribution in [-0.2, 0) is 6.18 Å². The lowest BCUT2D eigenvalue weighted by molar-refractivity contribution is -0.140. The maximum atomic E-state index is 12.3. The van der Waals surface area contributed by atoms with Gasteiger partial charge in [0.2, 0.25) is 0 Å². The van der Waals surface area contributed by atoms with Crippen LogP contribution in [0.2, 0.25) is 0 Å². The summed E-state index contributed by atoms with van der Waals surface area (Å²) >= 11 is 0.721. The van der Waals surface area contributed by atoms with E-state index >= 15 is 0 Å². The lowest BCUT2D eigenvalue weighted by Crippen LogP contribution is -2.12. The van der Waals surface area contributed by atoms with E-state index in [1.807, 2.05) is 0 Å². The van der Waals surface area contributed by atoms with Crippen LogP contribution in [0.4, 0.5) is 18.3 Å². The van der Waals surface area contributed by atoms with Crippen LogP contribution in [0.25, 0.3) is 0 Å². The Labute approximate surface area is 104 Å². The van der Waals surface area contributed by atoms with Crippen LogP contribution in [0.3, 0.4) is 0 Å². The van der Waals surface area contributed by atoms with Crippen molar-refractivity contribution in [1.82, 2.24) is 9.97 Å². The third-order valence-corrected chi connectivity index (χ3v) is 2.72. The van der Waals surface area contributed by atoms with Gasteiger partial charge < -0.3 is 0 Å². The van der Waals surface area contributed by atoms with E-state index in [0.717, 1.165) is 16.7 Å². The monoisotopic (exact) mass is 273 g/mol. The summed E-state index contributed by atoms with van der Waals surface area (Å²) in [6.07, 6.45) is -1.67. The molecule has 94 valence electrons. The van der Waals surface area contributed by atoms with Crippen LogP contribution in [0.15, 0.2) is 29.9 Å². The topological polar surface area (TPSA) is 54.9 Å². The molecule has 0 radical (unpaired) electrons. The summed E-state index contributed by atoms with van der Waals surface area (Å²) < 4.78 is 36.9. The van der Waals surface area contributed by atoms with Crippen molar-refractivity contribution in [3.63, 3.8) is 0 Å². The average Bonchev–Trinajstić information content (AvgIpc) is 2.78. The fourth-order valence-electron chi connectivity index (χ4n) is 1.13. The van der Waals surface area contributed by atoms with E-state index in [9.17, 15) is 18.0 Å². The number of pyridine rings is 1. The van der Waals surface area contributed by atoms with Crippen molar-refractivity contribution in [3.05, 3.63) is 41.2 Å². The molecule has 0 aliphatic carbocycles. The second-order valence-corrected chi connectivity index (χ2v) is 4.08. The summed E-state index contributed by atoms with van der Waals surface area (Å²) in [5.74, 6) is -0.527. The van der Waals surface area contributed by atoms with Crippen LogP contribution >= 0.6 is 11.3 Å². The number of halogens is 3. The molecule has 18 heavy (non-hydrogen) atoms. The number of rotatable bonds is 2. The molecular weight excluding hydrogens is 267 g/mol. The minimum atomic E-state index is -4.50. The van der Waals surface area contributed by atoms with Gasteiger partial charge in [0.25, 0.3) is 5.91 Å². The molecule has 0 saturated heterocycles. The molecule has 2 rings (SSSR count). The lowest BCUT2D eigenvalue weighted by Gasteiger charge is -2.01. The Morgan fingerprint density at radius 3 is 2.50 bits per heavy atom. The van der Waals surface area contributed by atoms with Crippen molar-refractivity contribution in [2.75, 3.05) is 5.32 Å². The standard InChI is InChI=1S/C10H6F3N3OS/c11-10(12,13)7-5-18-9(15-7)16-8(17)6-1-3-14-4-2-6/h1-5H,(H,15,16,17). The fourth-order valence-corrected chi connectivity index (χ4v) is 1.85. The van der Waals surface area contributed by atoms with Gasteiger partial charge in [0.1, 0.15) is 0 Å². The van der Waals surface area contributed by atoms with Crippen molar-refractivity contribution in [1.29, 1.82) is 0 Å². The lowest BCUT2D eigenvalue weighted by atomic mass is 10.2. The Hall–Kier alpha value is -1.96. The molecule has 0 spiro atoms. The first-order valence-electron chi connectivity index (χ1n) is 4.71. The molecule has 0 unspecified atom stereocenters. The van der Waals surface area contributed by atoms with Crippen molar-refractivity contribution in [3.8, 4) is 0 Å². The maximum Gasteiger partial charge on any atom is 0.434 e. The number of nitrogens with zero attached hydrogens (tertiary/aromatic N) is 2. The number of hydrogen-bond acceptors (Lipinski definition) is 4. The van der Waals surface area contributed by atoms with Gasteiger partial charge in [-0.2, -0.15) is 13.2 Å². The molecule has 2 aromatic rings. The summed E-state index contributed by atoms with van der Waals surface area (Å²) in [5, 5.41) is 3.05. The minimum absolute atomic E-state index is 0.0934. The van der Waals surface area contributed by atoms with E-state index in [0.29, 0.717) is 5.56 Å². The number of hydrogen-bond donors (Lipinski definition) is 1. The quantitative estimate of drug-likeness (QED) is 0.915. The average molecular weight is 273 g/mol. The van der Waals surface area contributed by atoms with E-state index in [2.05, 4.69) is 15.3 Å². The zero-order valence-electron chi connectivity index (χ0n) is 8.73. The molecule has 8 heteroatoms. The summed E-state index contributed by atoms with van der Waals surface area (Å²) in [7, 11) is 0. The molecule has 0 saturated carbocycles. The normalized spacial score (nSPS) is 11.3. The number of thiazole rings is 1. The number of nitrogens with one attached hydrogen (secondary N) is 1. The molecule has 0 fully saturated rings. The van der Waals surface area contributed by atoms with Gasteiger partial charge in [-0.15, -0.1) is 11.3 Å². The summed E-state index contributed by atoms with van der Waals surface area (Å²) in [6.45, 7) is 0. The maximum absolute atomic E-state index is 12.3. The molecule has 0 aliphatic rings. The first-order chi connectivity index (χ1) is 8.47. The minimum Gasteiger partial charge on any atom is -0.298 e. The van der Waals surface area contributed by atoms with Crippen LogP contribution < -0.4 is 5.32 Å². The van der Waals surface area contributed by atoms with Crippen molar-refractivity contribution in [2.24, 2.45) is 0 Å². The van der Waals surface area contributed by atoms with Gasteiger partial charge in [0.15, 0.2) is 10.8 Å². The second-order valence-electron chi connectivity index (χ2n) is 3.23. The highest BCUT2D eigenvalue weighted by Crippen LogP contribution is 2.31. The highest BCUT2D eigenvalue weighted by atomic mass is 32.1. The number of carbonyl (C=O) groups excluding carboxylic acids is 1. The largest absolute Gasteiger partial charge is 0.434 e. The fraction of sp³-hybridized carbons (Fsp3) is 0.100. The Bertz CT molecular complexity index is 553. The van der Waals surface area contributed by atoms with E-state index in [1.165, 1.54) is 24.5 Å². The van der Waals surface area contributed by atoms with Gasteiger partial charge in [-0.3, -0.25) is 15.1 Å². The summed E-state index contributed by atoms with van der Waals surface area (Å²) in [6, 6.07) is 2.90.